The molecule has 54 valence electrons. The van der Waals surface area contributed by atoms with Gasteiger partial charge in [-0.05, 0) is 11.6 Å². The number of rotatable bonds is 2. The van der Waals surface area contributed by atoms with Crippen molar-refractivity contribution in [2.75, 3.05) is 0 Å². The molecule has 10 heavy (non-hydrogen) atoms. The molecular weight excluding hydrogens is 146 g/mol. The highest BCUT2D eigenvalue weighted by Crippen LogP contribution is 2.12. The summed E-state index contributed by atoms with van der Waals surface area (Å²) in [6.07, 6.45) is 0. The summed E-state index contributed by atoms with van der Waals surface area (Å²) in [5, 5.41) is 0. The molecule has 0 saturated heterocycles. The molecule has 0 aliphatic carbocycles. The largest absolute Gasteiger partial charge is 0.300 e. The zero-order chi connectivity index (χ0) is 7.40. The zero-order valence-corrected chi connectivity index (χ0v) is 6.34. The van der Waals surface area contributed by atoms with Crippen molar-refractivity contribution in [3.63, 3.8) is 0 Å². The second kappa shape index (κ2) is 3.61. The Morgan fingerprint density at radius 3 is 2.70 bits per heavy atom. The van der Waals surface area contributed by atoms with E-state index >= 15 is 0 Å². The first-order valence-corrected chi connectivity index (χ1v) is 3.38. The molecule has 0 saturated carbocycles. The molecule has 0 spiro atoms. The fourth-order valence-corrected chi connectivity index (χ4v) is 0.948. The van der Waals surface area contributed by atoms with Crippen molar-refractivity contribution in [1.29, 1.82) is 0 Å². The molecule has 0 aliphatic heterocycles. The normalized spacial score (nSPS) is 9.80. The van der Waals surface area contributed by atoms with Crippen molar-refractivity contribution < 1.29 is 4.84 Å². The van der Waals surface area contributed by atoms with Crippen LogP contribution in [0.1, 0.15) is 5.56 Å². The van der Waals surface area contributed by atoms with E-state index in [-0.39, 0.29) is 0 Å². The minimum atomic E-state index is 0.416. The number of thiol groups is 1. The minimum absolute atomic E-state index is 0.416. The molecule has 3 heteroatoms. The molecular formula is C7H9NOS. The molecule has 1 aromatic rings. The monoisotopic (exact) mass is 155 g/mol. The van der Waals surface area contributed by atoms with Gasteiger partial charge in [0.05, 0.1) is 6.61 Å². The molecule has 0 radical (unpaired) electrons. The smallest absolute Gasteiger partial charge is 0.0940 e. The molecule has 0 aliphatic rings. The zero-order valence-electron chi connectivity index (χ0n) is 5.45. The molecule has 0 aromatic heterocycles. The van der Waals surface area contributed by atoms with Crippen LogP contribution < -0.4 is 5.90 Å². The van der Waals surface area contributed by atoms with Crippen LogP contribution in [0.4, 0.5) is 0 Å². The molecule has 0 fully saturated rings. The van der Waals surface area contributed by atoms with Gasteiger partial charge in [0.25, 0.3) is 0 Å². The van der Waals surface area contributed by atoms with Crippen molar-refractivity contribution in [2.24, 2.45) is 5.90 Å². The molecule has 0 atom stereocenters. The van der Waals surface area contributed by atoms with E-state index in [1.807, 2.05) is 24.3 Å². The second-order valence-corrected chi connectivity index (χ2v) is 2.42. The highest BCUT2D eigenvalue weighted by atomic mass is 32.1. The first kappa shape index (κ1) is 7.60. The third kappa shape index (κ3) is 1.73. The third-order valence-electron chi connectivity index (χ3n) is 1.23. The predicted molar refractivity (Wildman–Crippen MR) is 42.7 cm³/mol. The first-order chi connectivity index (χ1) is 4.84. The Morgan fingerprint density at radius 1 is 1.40 bits per heavy atom. The van der Waals surface area contributed by atoms with Crippen molar-refractivity contribution in [1.82, 2.24) is 0 Å². The molecule has 0 amide bonds. The van der Waals surface area contributed by atoms with Crippen LogP contribution in [-0.2, 0) is 11.4 Å². The lowest BCUT2D eigenvalue weighted by molar-refractivity contribution is 0.122. The standard InChI is InChI=1S/C7H9NOS/c8-9-5-6-3-1-2-4-7(6)10/h1-4,10H,5,8H2. The molecule has 0 unspecified atom stereocenters. The summed E-state index contributed by atoms with van der Waals surface area (Å²) < 4.78 is 0. The molecule has 1 aromatic carbocycles. The first-order valence-electron chi connectivity index (χ1n) is 2.93. The van der Waals surface area contributed by atoms with Gasteiger partial charge in [-0.15, -0.1) is 12.6 Å². The highest BCUT2D eigenvalue weighted by Gasteiger charge is 1.94. The topological polar surface area (TPSA) is 35.2 Å². The van der Waals surface area contributed by atoms with Crippen LogP contribution in [0.5, 0.6) is 0 Å². The van der Waals surface area contributed by atoms with Gasteiger partial charge in [0.2, 0.25) is 0 Å². The van der Waals surface area contributed by atoms with Gasteiger partial charge < -0.3 is 0 Å². The van der Waals surface area contributed by atoms with Crippen LogP contribution in [0.25, 0.3) is 0 Å². The Morgan fingerprint density at radius 2 is 2.10 bits per heavy atom. The van der Waals surface area contributed by atoms with Crippen LogP contribution in [0.15, 0.2) is 29.2 Å². The van der Waals surface area contributed by atoms with Gasteiger partial charge in [0, 0.05) is 4.90 Å². The number of hydrogen-bond acceptors (Lipinski definition) is 3. The van der Waals surface area contributed by atoms with Crippen LogP contribution >= 0.6 is 12.6 Å². The maximum Gasteiger partial charge on any atom is 0.0940 e. The Labute approximate surface area is 65.4 Å². The van der Waals surface area contributed by atoms with Crippen LogP contribution in [0.3, 0.4) is 0 Å². The van der Waals surface area contributed by atoms with Gasteiger partial charge in [-0.3, -0.25) is 4.84 Å². The van der Waals surface area contributed by atoms with E-state index in [1.165, 1.54) is 0 Å². The lowest BCUT2D eigenvalue weighted by Crippen LogP contribution is -1.99. The van der Waals surface area contributed by atoms with Crippen molar-refractivity contribution in [2.45, 2.75) is 11.5 Å². The third-order valence-corrected chi connectivity index (χ3v) is 1.67. The fraction of sp³-hybridized carbons (Fsp3) is 0.143. The van der Waals surface area contributed by atoms with Crippen LogP contribution in [0.2, 0.25) is 0 Å². The van der Waals surface area contributed by atoms with Gasteiger partial charge in [-0.2, -0.15) is 0 Å². The Kier molecular flexibility index (Phi) is 2.74. The van der Waals surface area contributed by atoms with E-state index in [4.69, 9.17) is 5.90 Å². The molecule has 2 N–H and O–H groups in total. The SMILES string of the molecule is NOCc1ccccc1S. The van der Waals surface area contributed by atoms with Crippen molar-refractivity contribution in [3.05, 3.63) is 29.8 Å². The van der Waals surface area contributed by atoms with Gasteiger partial charge in [0.15, 0.2) is 0 Å². The van der Waals surface area contributed by atoms with E-state index < -0.39 is 0 Å². The predicted octanol–water partition coefficient (Wildman–Crippen LogP) is 1.37. The Balaban J connectivity index is 2.81. The van der Waals surface area contributed by atoms with E-state index in [1.54, 1.807) is 0 Å². The lowest BCUT2D eigenvalue weighted by Gasteiger charge is -2.00. The average Bonchev–Trinajstić information content (AvgIpc) is 1.94. The lowest BCUT2D eigenvalue weighted by atomic mass is 10.2. The molecule has 0 bridgehead atoms. The Bertz CT molecular complexity index is 215. The summed E-state index contributed by atoms with van der Waals surface area (Å²) in [5.74, 6) is 4.90. The number of nitrogens with two attached hydrogens (primary N) is 1. The van der Waals surface area contributed by atoms with E-state index in [0.717, 1.165) is 10.5 Å². The second-order valence-electron chi connectivity index (χ2n) is 1.94. The Hall–Kier alpha value is -0.510. The van der Waals surface area contributed by atoms with Gasteiger partial charge in [-0.1, -0.05) is 18.2 Å². The van der Waals surface area contributed by atoms with Gasteiger partial charge in [-0.25, -0.2) is 5.90 Å². The van der Waals surface area contributed by atoms with Gasteiger partial charge in [0.1, 0.15) is 0 Å². The number of hydrogen-bond donors (Lipinski definition) is 2. The summed E-state index contributed by atoms with van der Waals surface area (Å²) in [4.78, 5) is 5.37. The highest BCUT2D eigenvalue weighted by molar-refractivity contribution is 7.80. The summed E-state index contributed by atoms with van der Waals surface area (Å²) in [6.45, 7) is 0.416. The summed E-state index contributed by atoms with van der Waals surface area (Å²) in [5.41, 5.74) is 1.01. The van der Waals surface area contributed by atoms with E-state index in [2.05, 4.69) is 17.5 Å². The van der Waals surface area contributed by atoms with E-state index in [0.29, 0.717) is 6.61 Å². The number of benzene rings is 1. The summed E-state index contributed by atoms with van der Waals surface area (Å²) >= 11 is 4.20. The summed E-state index contributed by atoms with van der Waals surface area (Å²) in [7, 11) is 0. The van der Waals surface area contributed by atoms with Crippen LogP contribution in [0, 0.1) is 0 Å². The fourth-order valence-electron chi connectivity index (χ4n) is 0.723. The quantitative estimate of drug-likeness (QED) is 0.499. The summed E-state index contributed by atoms with van der Waals surface area (Å²) in [6, 6.07) is 7.67. The maximum absolute atomic E-state index is 4.90. The molecule has 0 heterocycles. The van der Waals surface area contributed by atoms with Crippen molar-refractivity contribution >= 4 is 12.6 Å². The minimum Gasteiger partial charge on any atom is -0.300 e. The van der Waals surface area contributed by atoms with E-state index in [9.17, 15) is 0 Å². The van der Waals surface area contributed by atoms with Crippen LogP contribution in [-0.4, -0.2) is 0 Å². The maximum atomic E-state index is 4.90. The molecule has 1 rings (SSSR count). The van der Waals surface area contributed by atoms with Crippen molar-refractivity contribution in [3.8, 4) is 0 Å². The van der Waals surface area contributed by atoms with Gasteiger partial charge >= 0.3 is 0 Å². The molecule has 2 nitrogen and oxygen atoms in total. The average molecular weight is 155 g/mol.